The highest BCUT2D eigenvalue weighted by Crippen LogP contribution is 2.30. The fourth-order valence-corrected chi connectivity index (χ4v) is 2.84. The SMILES string of the molecule is COc1ccc(-c2cc(-c3nc(Br)cs3)on2)cc1. The molecule has 19 heavy (non-hydrogen) atoms. The molecule has 2 heterocycles. The van der Waals surface area contributed by atoms with Crippen molar-refractivity contribution in [3.63, 3.8) is 0 Å². The van der Waals surface area contributed by atoms with Gasteiger partial charge < -0.3 is 9.26 Å². The molecule has 0 saturated carbocycles. The van der Waals surface area contributed by atoms with E-state index in [4.69, 9.17) is 9.26 Å². The van der Waals surface area contributed by atoms with Crippen molar-refractivity contribution in [1.82, 2.24) is 10.1 Å². The van der Waals surface area contributed by atoms with E-state index < -0.39 is 0 Å². The van der Waals surface area contributed by atoms with Crippen LogP contribution < -0.4 is 4.74 Å². The summed E-state index contributed by atoms with van der Waals surface area (Å²) in [5.41, 5.74) is 1.76. The Hall–Kier alpha value is -1.66. The van der Waals surface area contributed by atoms with Crippen LogP contribution in [0.25, 0.3) is 22.0 Å². The van der Waals surface area contributed by atoms with Gasteiger partial charge in [0.25, 0.3) is 0 Å². The zero-order valence-electron chi connectivity index (χ0n) is 9.96. The molecular formula is C13H9BrN2O2S. The van der Waals surface area contributed by atoms with Gasteiger partial charge in [-0.25, -0.2) is 4.98 Å². The van der Waals surface area contributed by atoms with Crippen molar-refractivity contribution in [2.45, 2.75) is 0 Å². The summed E-state index contributed by atoms with van der Waals surface area (Å²) in [6.45, 7) is 0. The molecular weight excluding hydrogens is 328 g/mol. The summed E-state index contributed by atoms with van der Waals surface area (Å²) in [7, 11) is 1.64. The third-order valence-corrected chi connectivity index (χ3v) is 4.15. The van der Waals surface area contributed by atoms with Crippen LogP contribution in [-0.4, -0.2) is 17.3 Å². The number of benzene rings is 1. The monoisotopic (exact) mass is 336 g/mol. The van der Waals surface area contributed by atoms with E-state index in [-0.39, 0.29) is 0 Å². The first-order chi connectivity index (χ1) is 9.26. The van der Waals surface area contributed by atoms with Gasteiger partial charge in [0.1, 0.15) is 16.0 Å². The Bertz CT molecular complexity index is 691. The molecule has 0 bridgehead atoms. The lowest BCUT2D eigenvalue weighted by molar-refractivity contribution is 0.415. The van der Waals surface area contributed by atoms with Crippen LogP contribution in [0.3, 0.4) is 0 Å². The van der Waals surface area contributed by atoms with E-state index in [9.17, 15) is 0 Å². The van der Waals surface area contributed by atoms with Crippen LogP contribution in [0.1, 0.15) is 0 Å². The molecule has 0 N–H and O–H groups in total. The number of methoxy groups -OCH3 is 1. The van der Waals surface area contributed by atoms with Crippen LogP contribution in [-0.2, 0) is 0 Å². The minimum Gasteiger partial charge on any atom is -0.497 e. The highest BCUT2D eigenvalue weighted by Gasteiger charge is 2.11. The van der Waals surface area contributed by atoms with E-state index in [1.54, 1.807) is 7.11 Å². The lowest BCUT2D eigenvalue weighted by Gasteiger charge is -1.99. The normalized spacial score (nSPS) is 10.6. The number of aromatic nitrogens is 2. The minimum atomic E-state index is 0.668. The molecule has 0 amide bonds. The van der Waals surface area contributed by atoms with Crippen molar-refractivity contribution in [3.8, 4) is 27.8 Å². The maximum atomic E-state index is 5.32. The average molecular weight is 337 g/mol. The van der Waals surface area contributed by atoms with Gasteiger partial charge in [-0.2, -0.15) is 0 Å². The minimum absolute atomic E-state index is 0.668. The number of thiazole rings is 1. The third kappa shape index (κ3) is 2.54. The second-order valence-electron chi connectivity index (χ2n) is 3.78. The lowest BCUT2D eigenvalue weighted by atomic mass is 10.1. The topological polar surface area (TPSA) is 48.2 Å². The second kappa shape index (κ2) is 5.14. The van der Waals surface area contributed by atoms with Crippen LogP contribution in [0, 0.1) is 0 Å². The predicted octanol–water partition coefficient (Wildman–Crippen LogP) is 4.24. The number of hydrogen-bond donors (Lipinski definition) is 0. The maximum Gasteiger partial charge on any atom is 0.196 e. The molecule has 0 aliphatic rings. The molecule has 1 aromatic carbocycles. The zero-order chi connectivity index (χ0) is 13.2. The van der Waals surface area contributed by atoms with Gasteiger partial charge in [0, 0.05) is 17.0 Å². The number of ether oxygens (including phenoxy) is 1. The van der Waals surface area contributed by atoms with Gasteiger partial charge in [0.05, 0.1) is 7.11 Å². The van der Waals surface area contributed by atoms with Gasteiger partial charge in [-0.15, -0.1) is 11.3 Å². The van der Waals surface area contributed by atoms with Crippen molar-refractivity contribution in [2.75, 3.05) is 7.11 Å². The highest BCUT2D eigenvalue weighted by molar-refractivity contribution is 9.10. The van der Waals surface area contributed by atoms with Crippen LogP contribution >= 0.6 is 27.3 Å². The van der Waals surface area contributed by atoms with E-state index in [1.165, 1.54) is 11.3 Å². The smallest absolute Gasteiger partial charge is 0.196 e. The molecule has 4 nitrogen and oxygen atoms in total. The Morgan fingerprint density at radius 2 is 2.05 bits per heavy atom. The molecule has 0 spiro atoms. The molecule has 0 unspecified atom stereocenters. The maximum absolute atomic E-state index is 5.32. The van der Waals surface area contributed by atoms with Crippen molar-refractivity contribution in [1.29, 1.82) is 0 Å². The molecule has 96 valence electrons. The summed E-state index contributed by atoms with van der Waals surface area (Å²) in [4.78, 5) is 4.30. The van der Waals surface area contributed by atoms with Crippen molar-refractivity contribution in [2.24, 2.45) is 0 Å². The van der Waals surface area contributed by atoms with Gasteiger partial charge >= 0.3 is 0 Å². The van der Waals surface area contributed by atoms with E-state index in [0.717, 1.165) is 26.6 Å². The first-order valence-corrected chi connectivity index (χ1v) is 7.16. The Kier molecular flexibility index (Phi) is 3.35. The first kappa shape index (κ1) is 12.4. The molecule has 0 aliphatic carbocycles. The standard InChI is InChI=1S/C13H9BrN2O2S/c1-17-9-4-2-8(3-5-9)10-6-11(18-16-10)13-15-12(14)7-19-13/h2-7H,1H3. The Balaban J connectivity index is 1.91. The van der Waals surface area contributed by atoms with Crippen LogP contribution in [0.2, 0.25) is 0 Å². The second-order valence-corrected chi connectivity index (χ2v) is 5.45. The Labute approximate surface area is 122 Å². The van der Waals surface area contributed by atoms with Gasteiger partial charge in [-0.3, -0.25) is 0 Å². The fraction of sp³-hybridized carbons (Fsp3) is 0.0769. The summed E-state index contributed by atoms with van der Waals surface area (Å²) in [5.74, 6) is 1.48. The number of nitrogens with zero attached hydrogens (tertiary/aromatic N) is 2. The van der Waals surface area contributed by atoms with Crippen molar-refractivity contribution < 1.29 is 9.26 Å². The van der Waals surface area contributed by atoms with E-state index in [1.807, 2.05) is 35.7 Å². The predicted molar refractivity (Wildman–Crippen MR) is 77.3 cm³/mol. The van der Waals surface area contributed by atoms with E-state index >= 15 is 0 Å². The largest absolute Gasteiger partial charge is 0.497 e. The van der Waals surface area contributed by atoms with E-state index in [2.05, 4.69) is 26.1 Å². The van der Waals surface area contributed by atoms with Crippen LogP contribution in [0.5, 0.6) is 5.75 Å². The first-order valence-electron chi connectivity index (χ1n) is 5.49. The van der Waals surface area contributed by atoms with Crippen LogP contribution in [0.15, 0.2) is 44.8 Å². The van der Waals surface area contributed by atoms with Gasteiger partial charge in [-0.05, 0) is 40.2 Å². The molecule has 6 heteroatoms. The highest BCUT2D eigenvalue weighted by atomic mass is 79.9. The Morgan fingerprint density at radius 3 is 2.68 bits per heavy atom. The third-order valence-electron chi connectivity index (χ3n) is 2.58. The van der Waals surface area contributed by atoms with Crippen molar-refractivity contribution in [3.05, 3.63) is 40.3 Å². The summed E-state index contributed by atoms with van der Waals surface area (Å²) >= 11 is 4.83. The van der Waals surface area contributed by atoms with Gasteiger partial charge in [-0.1, -0.05) is 5.16 Å². The van der Waals surface area contributed by atoms with Crippen LogP contribution in [0.4, 0.5) is 0 Å². The lowest BCUT2D eigenvalue weighted by Crippen LogP contribution is -1.82. The molecule has 0 aliphatic heterocycles. The number of halogens is 1. The average Bonchev–Trinajstić information content (AvgIpc) is 3.07. The summed E-state index contributed by atoms with van der Waals surface area (Å²) < 4.78 is 11.2. The van der Waals surface area contributed by atoms with Gasteiger partial charge in [0.15, 0.2) is 10.8 Å². The zero-order valence-corrected chi connectivity index (χ0v) is 12.4. The number of hydrogen-bond acceptors (Lipinski definition) is 5. The molecule has 0 saturated heterocycles. The summed E-state index contributed by atoms with van der Waals surface area (Å²) in [6.07, 6.45) is 0. The fourth-order valence-electron chi connectivity index (χ4n) is 1.64. The molecule has 3 aromatic rings. The molecule has 2 aromatic heterocycles. The molecule has 0 radical (unpaired) electrons. The molecule has 3 rings (SSSR count). The van der Waals surface area contributed by atoms with E-state index in [0.29, 0.717) is 5.76 Å². The van der Waals surface area contributed by atoms with Crippen molar-refractivity contribution >= 4 is 27.3 Å². The summed E-state index contributed by atoms with van der Waals surface area (Å²) in [5, 5.41) is 6.78. The van der Waals surface area contributed by atoms with Gasteiger partial charge in [0.2, 0.25) is 0 Å². The number of rotatable bonds is 3. The Morgan fingerprint density at radius 1 is 1.26 bits per heavy atom. The molecule has 0 fully saturated rings. The quantitative estimate of drug-likeness (QED) is 0.717. The summed E-state index contributed by atoms with van der Waals surface area (Å²) in [6, 6.07) is 9.55. The molecule has 0 atom stereocenters.